The van der Waals surface area contributed by atoms with E-state index in [1.54, 1.807) is 18.7 Å². The van der Waals surface area contributed by atoms with E-state index in [4.69, 9.17) is 9.47 Å². The van der Waals surface area contributed by atoms with Crippen LogP contribution in [0.15, 0.2) is 18.2 Å². The van der Waals surface area contributed by atoms with Crippen LogP contribution in [0.4, 0.5) is 0 Å². The summed E-state index contributed by atoms with van der Waals surface area (Å²) in [5.41, 5.74) is 2.07. The van der Waals surface area contributed by atoms with Crippen molar-refractivity contribution in [3.63, 3.8) is 0 Å². The van der Waals surface area contributed by atoms with Gasteiger partial charge in [0.1, 0.15) is 22.2 Å². The Balaban J connectivity index is 2.26. The smallest absolute Gasteiger partial charge is 0.213 e. The van der Waals surface area contributed by atoms with E-state index < -0.39 is 0 Å². The van der Waals surface area contributed by atoms with Gasteiger partial charge in [0.2, 0.25) is 4.96 Å². The number of methoxy groups -OCH3 is 2. The maximum Gasteiger partial charge on any atom is 0.213 e. The SMILES string of the molecule is COc1ccc(OC)c(-c2nc3sc(C)nn3c2CO)c1. The van der Waals surface area contributed by atoms with Gasteiger partial charge < -0.3 is 14.6 Å². The van der Waals surface area contributed by atoms with Crippen molar-refractivity contribution in [1.82, 2.24) is 14.6 Å². The number of imidazole rings is 1. The topological polar surface area (TPSA) is 68.9 Å². The molecule has 0 spiro atoms. The first-order chi connectivity index (χ1) is 10.2. The summed E-state index contributed by atoms with van der Waals surface area (Å²) in [5.74, 6) is 1.38. The molecule has 0 saturated heterocycles. The first kappa shape index (κ1) is 13.8. The van der Waals surface area contributed by atoms with Crippen molar-refractivity contribution in [2.75, 3.05) is 14.2 Å². The predicted octanol–water partition coefficient (Wildman–Crippen LogP) is 2.28. The molecule has 0 amide bonds. The fourth-order valence-electron chi connectivity index (χ4n) is 2.24. The van der Waals surface area contributed by atoms with E-state index in [0.29, 0.717) is 22.9 Å². The van der Waals surface area contributed by atoms with Crippen LogP contribution in [-0.2, 0) is 6.61 Å². The van der Waals surface area contributed by atoms with Crippen LogP contribution in [-0.4, -0.2) is 33.9 Å². The van der Waals surface area contributed by atoms with Crippen molar-refractivity contribution in [3.05, 3.63) is 28.9 Å². The Labute approximate surface area is 125 Å². The number of rotatable bonds is 4. The minimum Gasteiger partial charge on any atom is -0.497 e. The molecule has 7 heteroatoms. The van der Waals surface area contributed by atoms with Crippen molar-refractivity contribution in [3.8, 4) is 22.8 Å². The van der Waals surface area contributed by atoms with E-state index in [1.807, 2.05) is 25.1 Å². The van der Waals surface area contributed by atoms with E-state index in [2.05, 4.69) is 10.1 Å². The number of fused-ring (bicyclic) bond motifs is 1. The van der Waals surface area contributed by atoms with Crippen molar-refractivity contribution >= 4 is 16.3 Å². The molecule has 0 radical (unpaired) electrons. The van der Waals surface area contributed by atoms with Gasteiger partial charge in [0.15, 0.2) is 0 Å². The lowest BCUT2D eigenvalue weighted by Gasteiger charge is -2.09. The molecule has 3 rings (SSSR count). The van der Waals surface area contributed by atoms with Gasteiger partial charge in [-0.15, -0.1) is 0 Å². The number of nitrogens with zero attached hydrogens (tertiary/aromatic N) is 3. The molecule has 0 atom stereocenters. The van der Waals surface area contributed by atoms with Crippen LogP contribution in [0.3, 0.4) is 0 Å². The second-order valence-electron chi connectivity index (χ2n) is 4.45. The van der Waals surface area contributed by atoms with Crippen molar-refractivity contribution in [1.29, 1.82) is 0 Å². The molecular weight excluding hydrogens is 290 g/mol. The summed E-state index contributed by atoms with van der Waals surface area (Å²) in [4.78, 5) is 5.33. The molecule has 6 nitrogen and oxygen atoms in total. The fraction of sp³-hybridized carbons (Fsp3) is 0.286. The summed E-state index contributed by atoms with van der Waals surface area (Å²) in [5, 5.41) is 15.0. The zero-order valence-electron chi connectivity index (χ0n) is 12.0. The number of aromatic nitrogens is 3. The fourth-order valence-corrected chi connectivity index (χ4v) is 3.00. The molecule has 0 saturated carbocycles. The number of aryl methyl sites for hydroxylation is 1. The van der Waals surface area contributed by atoms with E-state index in [0.717, 1.165) is 15.5 Å². The number of aliphatic hydroxyl groups excluding tert-OH is 1. The lowest BCUT2D eigenvalue weighted by atomic mass is 10.1. The summed E-state index contributed by atoms with van der Waals surface area (Å²) < 4.78 is 12.3. The number of hydrogen-bond donors (Lipinski definition) is 1. The highest BCUT2D eigenvalue weighted by Gasteiger charge is 2.19. The zero-order chi connectivity index (χ0) is 15.0. The van der Waals surface area contributed by atoms with Gasteiger partial charge in [0.05, 0.1) is 26.5 Å². The van der Waals surface area contributed by atoms with E-state index >= 15 is 0 Å². The second kappa shape index (κ2) is 5.34. The van der Waals surface area contributed by atoms with Crippen molar-refractivity contribution in [2.24, 2.45) is 0 Å². The summed E-state index contributed by atoms with van der Waals surface area (Å²) in [6, 6.07) is 5.49. The maximum atomic E-state index is 9.70. The predicted molar refractivity (Wildman–Crippen MR) is 80.1 cm³/mol. The molecule has 0 bridgehead atoms. The standard InChI is InChI=1S/C14H15N3O3S/c1-8-16-17-11(7-18)13(15-14(17)21-8)10-6-9(19-2)4-5-12(10)20-3/h4-6,18H,7H2,1-3H3. The number of aliphatic hydroxyl groups is 1. The lowest BCUT2D eigenvalue weighted by Crippen LogP contribution is -1.97. The molecule has 110 valence electrons. The largest absolute Gasteiger partial charge is 0.497 e. The molecule has 0 aliphatic carbocycles. The van der Waals surface area contributed by atoms with Gasteiger partial charge in [-0.1, -0.05) is 11.3 Å². The van der Waals surface area contributed by atoms with Crippen LogP contribution >= 0.6 is 11.3 Å². The average molecular weight is 305 g/mol. The quantitative estimate of drug-likeness (QED) is 0.801. The average Bonchev–Trinajstić information content (AvgIpc) is 3.01. The van der Waals surface area contributed by atoms with Crippen LogP contribution in [0.25, 0.3) is 16.2 Å². The Hall–Kier alpha value is -2.12. The van der Waals surface area contributed by atoms with E-state index in [1.165, 1.54) is 11.3 Å². The Kier molecular flexibility index (Phi) is 3.52. The van der Waals surface area contributed by atoms with Crippen LogP contribution in [0.5, 0.6) is 11.5 Å². The first-order valence-corrected chi connectivity index (χ1v) is 7.18. The van der Waals surface area contributed by atoms with Gasteiger partial charge in [-0.25, -0.2) is 9.50 Å². The summed E-state index contributed by atoms with van der Waals surface area (Å²) in [7, 11) is 3.21. The van der Waals surface area contributed by atoms with Crippen molar-refractivity contribution < 1.29 is 14.6 Å². The maximum absolute atomic E-state index is 9.70. The van der Waals surface area contributed by atoms with Gasteiger partial charge >= 0.3 is 0 Å². The Morgan fingerprint density at radius 1 is 1.29 bits per heavy atom. The van der Waals surface area contributed by atoms with Crippen LogP contribution in [0.2, 0.25) is 0 Å². The molecule has 1 N–H and O–H groups in total. The van der Waals surface area contributed by atoms with Gasteiger partial charge in [0, 0.05) is 5.56 Å². The Bertz CT molecular complexity index is 794. The molecule has 3 aromatic rings. The number of hydrogen-bond acceptors (Lipinski definition) is 6. The molecule has 0 aliphatic heterocycles. The first-order valence-electron chi connectivity index (χ1n) is 6.36. The van der Waals surface area contributed by atoms with Gasteiger partial charge in [-0.2, -0.15) is 5.10 Å². The molecule has 2 heterocycles. The third-order valence-electron chi connectivity index (χ3n) is 3.21. The Morgan fingerprint density at radius 2 is 2.10 bits per heavy atom. The van der Waals surface area contributed by atoms with Gasteiger partial charge in [-0.3, -0.25) is 0 Å². The van der Waals surface area contributed by atoms with Crippen LogP contribution in [0, 0.1) is 6.92 Å². The normalized spacial score (nSPS) is 11.0. The molecule has 1 aromatic carbocycles. The molecular formula is C14H15N3O3S. The lowest BCUT2D eigenvalue weighted by molar-refractivity contribution is 0.275. The van der Waals surface area contributed by atoms with Crippen LogP contribution < -0.4 is 9.47 Å². The highest BCUT2D eigenvalue weighted by Crippen LogP contribution is 2.36. The number of benzene rings is 1. The third kappa shape index (κ3) is 2.24. The summed E-state index contributed by atoms with van der Waals surface area (Å²) >= 11 is 1.48. The minimum absolute atomic E-state index is 0.153. The highest BCUT2D eigenvalue weighted by atomic mass is 32.1. The molecule has 0 fully saturated rings. The number of ether oxygens (including phenoxy) is 2. The molecule has 2 aromatic heterocycles. The zero-order valence-corrected chi connectivity index (χ0v) is 12.8. The van der Waals surface area contributed by atoms with Crippen molar-refractivity contribution in [2.45, 2.75) is 13.5 Å². The Morgan fingerprint density at radius 3 is 2.76 bits per heavy atom. The monoisotopic (exact) mass is 305 g/mol. The van der Waals surface area contributed by atoms with Crippen LogP contribution in [0.1, 0.15) is 10.7 Å². The van der Waals surface area contributed by atoms with E-state index in [-0.39, 0.29) is 6.61 Å². The minimum atomic E-state index is -0.153. The van der Waals surface area contributed by atoms with Gasteiger partial charge in [0.25, 0.3) is 0 Å². The molecule has 0 unspecified atom stereocenters. The third-order valence-corrected chi connectivity index (χ3v) is 4.03. The molecule has 0 aliphatic rings. The molecule has 21 heavy (non-hydrogen) atoms. The summed E-state index contributed by atoms with van der Waals surface area (Å²) in [6.07, 6.45) is 0. The van der Waals surface area contributed by atoms with Gasteiger partial charge in [-0.05, 0) is 25.1 Å². The highest BCUT2D eigenvalue weighted by molar-refractivity contribution is 7.16. The second-order valence-corrected chi connectivity index (χ2v) is 5.61. The summed E-state index contributed by atoms with van der Waals surface area (Å²) in [6.45, 7) is 1.76. The van der Waals surface area contributed by atoms with E-state index in [9.17, 15) is 5.11 Å².